The van der Waals surface area contributed by atoms with Crippen molar-refractivity contribution in [2.24, 2.45) is 0 Å². The Morgan fingerprint density at radius 1 is 1.26 bits per heavy atom. The molecule has 0 aliphatic carbocycles. The summed E-state index contributed by atoms with van der Waals surface area (Å²) in [6.07, 6.45) is 11.4. The van der Waals surface area contributed by atoms with Gasteiger partial charge >= 0.3 is 0 Å². The number of nitrogens with zero attached hydrogens (tertiary/aromatic N) is 1. The minimum absolute atomic E-state index is 0.738. The molecule has 0 spiro atoms. The Balaban J connectivity index is 2.20. The van der Waals surface area contributed by atoms with E-state index in [1.54, 1.807) is 0 Å². The normalized spacial score (nSPS) is 11.5. The molecule has 2 rings (SSSR count). The Morgan fingerprint density at radius 2 is 2.11 bits per heavy atom. The highest BCUT2D eigenvalue weighted by Crippen LogP contribution is 2.23. The van der Waals surface area contributed by atoms with E-state index >= 15 is 0 Å². The molecule has 0 aliphatic rings. The molecule has 0 unspecified atom stereocenters. The van der Waals surface area contributed by atoms with Crippen LogP contribution in [0.1, 0.15) is 43.7 Å². The number of unbranched alkanes of at least 4 members (excludes halogenated alkanes) is 3. The van der Waals surface area contributed by atoms with Crippen LogP contribution in [0.15, 0.2) is 30.5 Å². The molecule has 0 saturated heterocycles. The van der Waals surface area contributed by atoms with E-state index in [0.717, 1.165) is 17.0 Å². The molecule has 100 valence electrons. The molecule has 0 N–H and O–H groups in total. The number of benzene rings is 1. The predicted molar refractivity (Wildman–Crippen MR) is 84.7 cm³/mol. The summed E-state index contributed by atoms with van der Waals surface area (Å²) in [6, 6.07) is 5.89. The van der Waals surface area contributed by atoms with Crippen LogP contribution >= 0.6 is 11.6 Å². The van der Waals surface area contributed by atoms with Crippen LogP contribution in [0.5, 0.6) is 0 Å². The lowest BCUT2D eigenvalue weighted by Crippen LogP contribution is -1.87. The maximum atomic E-state index is 5.99. The van der Waals surface area contributed by atoms with E-state index in [-0.39, 0.29) is 0 Å². The Morgan fingerprint density at radius 3 is 2.89 bits per heavy atom. The van der Waals surface area contributed by atoms with Gasteiger partial charge < -0.3 is 0 Å². The van der Waals surface area contributed by atoms with Crippen LogP contribution in [-0.2, 0) is 0 Å². The first kappa shape index (κ1) is 14.1. The average Bonchev–Trinajstić information content (AvgIpc) is 2.41. The molecule has 2 aromatic rings. The molecule has 19 heavy (non-hydrogen) atoms. The Hall–Kier alpha value is -1.34. The summed E-state index contributed by atoms with van der Waals surface area (Å²) in [5.74, 6) is 0. The van der Waals surface area contributed by atoms with Crippen molar-refractivity contribution in [3.05, 3.63) is 46.6 Å². The second kappa shape index (κ2) is 6.72. The number of pyridine rings is 1. The van der Waals surface area contributed by atoms with Gasteiger partial charge in [-0.2, -0.15) is 0 Å². The molecule has 0 atom stereocenters. The smallest absolute Gasteiger partial charge is 0.0719 e. The van der Waals surface area contributed by atoms with Crippen LogP contribution in [0.4, 0.5) is 0 Å². The topological polar surface area (TPSA) is 12.9 Å². The molecule has 0 fully saturated rings. The Labute approximate surface area is 120 Å². The van der Waals surface area contributed by atoms with Gasteiger partial charge in [-0.1, -0.05) is 49.6 Å². The van der Waals surface area contributed by atoms with Gasteiger partial charge in [0.1, 0.15) is 0 Å². The second-order valence-corrected chi connectivity index (χ2v) is 5.33. The molecule has 1 heterocycles. The van der Waals surface area contributed by atoms with Gasteiger partial charge in [-0.15, -0.1) is 0 Å². The van der Waals surface area contributed by atoms with Crippen molar-refractivity contribution in [3.63, 3.8) is 0 Å². The van der Waals surface area contributed by atoms with Crippen LogP contribution in [0.3, 0.4) is 0 Å². The largest absolute Gasteiger partial charge is 0.256 e. The molecular formula is C17H20ClN. The Bertz CT molecular complexity index is 587. The number of allylic oxidation sites excluding steroid dienone is 1. The van der Waals surface area contributed by atoms with Gasteiger partial charge in [0.15, 0.2) is 0 Å². The summed E-state index contributed by atoms with van der Waals surface area (Å²) >= 11 is 5.99. The van der Waals surface area contributed by atoms with Crippen molar-refractivity contribution >= 4 is 28.6 Å². The molecule has 2 heteroatoms. The zero-order valence-corrected chi connectivity index (χ0v) is 12.4. The van der Waals surface area contributed by atoms with E-state index in [1.807, 2.05) is 18.3 Å². The van der Waals surface area contributed by atoms with Crippen LogP contribution in [0, 0.1) is 6.92 Å². The SMILES string of the molecule is CCCCCC=Cc1cnc2cc(Cl)ccc2c1C. The zero-order chi connectivity index (χ0) is 13.7. The molecule has 1 nitrogen and oxygen atoms in total. The molecular weight excluding hydrogens is 254 g/mol. The number of hydrogen-bond donors (Lipinski definition) is 0. The predicted octanol–water partition coefficient (Wildman–Crippen LogP) is 5.79. The molecule has 0 aliphatic heterocycles. The lowest BCUT2D eigenvalue weighted by molar-refractivity contribution is 0.730. The van der Waals surface area contributed by atoms with Crippen molar-refractivity contribution in [2.45, 2.75) is 39.5 Å². The molecule has 0 radical (unpaired) electrons. The van der Waals surface area contributed by atoms with E-state index in [4.69, 9.17) is 11.6 Å². The fourth-order valence-corrected chi connectivity index (χ4v) is 2.38. The summed E-state index contributed by atoms with van der Waals surface area (Å²) in [5, 5.41) is 1.92. The number of hydrogen-bond acceptors (Lipinski definition) is 1. The molecule has 0 bridgehead atoms. The highest BCUT2D eigenvalue weighted by molar-refractivity contribution is 6.31. The van der Waals surface area contributed by atoms with Crippen LogP contribution in [0.25, 0.3) is 17.0 Å². The van der Waals surface area contributed by atoms with Gasteiger partial charge in [0, 0.05) is 16.6 Å². The van der Waals surface area contributed by atoms with Crippen molar-refractivity contribution in [3.8, 4) is 0 Å². The summed E-state index contributed by atoms with van der Waals surface area (Å²) in [7, 11) is 0. The third-order valence-corrected chi connectivity index (χ3v) is 3.65. The fourth-order valence-electron chi connectivity index (χ4n) is 2.21. The third kappa shape index (κ3) is 3.57. The van der Waals surface area contributed by atoms with Crippen molar-refractivity contribution in [2.75, 3.05) is 0 Å². The highest BCUT2D eigenvalue weighted by atomic mass is 35.5. The molecule has 1 aromatic carbocycles. The second-order valence-electron chi connectivity index (χ2n) is 4.90. The quantitative estimate of drug-likeness (QED) is 0.628. The van der Waals surface area contributed by atoms with Crippen molar-refractivity contribution in [1.82, 2.24) is 4.98 Å². The summed E-state index contributed by atoms with van der Waals surface area (Å²) in [4.78, 5) is 4.48. The van der Waals surface area contributed by atoms with E-state index in [0.29, 0.717) is 0 Å². The van der Waals surface area contributed by atoms with Crippen LogP contribution in [0.2, 0.25) is 5.02 Å². The van der Waals surface area contributed by atoms with Gasteiger partial charge in [-0.05, 0) is 43.0 Å². The number of aryl methyl sites for hydroxylation is 1. The zero-order valence-electron chi connectivity index (χ0n) is 11.6. The summed E-state index contributed by atoms with van der Waals surface area (Å²) in [5.41, 5.74) is 3.44. The van der Waals surface area contributed by atoms with Crippen molar-refractivity contribution in [1.29, 1.82) is 0 Å². The fraction of sp³-hybridized carbons (Fsp3) is 0.353. The van der Waals surface area contributed by atoms with Crippen LogP contribution < -0.4 is 0 Å². The van der Waals surface area contributed by atoms with E-state index < -0.39 is 0 Å². The maximum absolute atomic E-state index is 5.99. The van der Waals surface area contributed by atoms with Gasteiger partial charge in [-0.3, -0.25) is 4.98 Å². The number of halogens is 1. The lowest BCUT2D eigenvalue weighted by Gasteiger charge is -2.05. The first-order chi connectivity index (χ1) is 9.22. The Kier molecular flexibility index (Phi) is 4.98. The third-order valence-electron chi connectivity index (χ3n) is 3.41. The standard InChI is InChI=1S/C17H20ClN/c1-3-4-5-6-7-8-14-12-19-17-11-15(18)9-10-16(17)13(14)2/h7-12H,3-6H2,1-2H3. The van der Waals surface area contributed by atoms with E-state index in [1.165, 1.54) is 35.8 Å². The van der Waals surface area contributed by atoms with Gasteiger partial charge in [0.2, 0.25) is 0 Å². The van der Waals surface area contributed by atoms with Crippen molar-refractivity contribution < 1.29 is 0 Å². The minimum atomic E-state index is 0.738. The average molecular weight is 274 g/mol. The number of rotatable bonds is 5. The van der Waals surface area contributed by atoms with E-state index in [2.05, 4.69) is 37.0 Å². The molecule has 0 saturated carbocycles. The first-order valence-corrected chi connectivity index (χ1v) is 7.31. The summed E-state index contributed by atoms with van der Waals surface area (Å²) in [6.45, 7) is 4.37. The van der Waals surface area contributed by atoms with E-state index in [9.17, 15) is 0 Å². The van der Waals surface area contributed by atoms with Gasteiger partial charge in [0.05, 0.1) is 5.52 Å². The highest BCUT2D eigenvalue weighted by Gasteiger charge is 2.03. The molecule has 0 amide bonds. The lowest BCUT2D eigenvalue weighted by atomic mass is 10.0. The van der Waals surface area contributed by atoms with Gasteiger partial charge in [-0.25, -0.2) is 0 Å². The maximum Gasteiger partial charge on any atom is 0.0719 e. The number of fused-ring (bicyclic) bond motifs is 1. The molecule has 1 aromatic heterocycles. The monoisotopic (exact) mass is 273 g/mol. The van der Waals surface area contributed by atoms with Gasteiger partial charge in [0.25, 0.3) is 0 Å². The van der Waals surface area contributed by atoms with Crippen LogP contribution in [-0.4, -0.2) is 4.98 Å². The number of aromatic nitrogens is 1. The first-order valence-electron chi connectivity index (χ1n) is 6.93. The minimum Gasteiger partial charge on any atom is -0.256 e. The summed E-state index contributed by atoms with van der Waals surface area (Å²) < 4.78 is 0.